The van der Waals surface area contributed by atoms with Gasteiger partial charge in [0, 0.05) is 11.1 Å². The number of aryl methyl sites for hydroxylation is 1. The summed E-state index contributed by atoms with van der Waals surface area (Å²) in [6.07, 6.45) is 3.06. The molecule has 21 heavy (non-hydrogen) atoms. The number of amides is 1. The number of anilines is 1. The van der Waals surface area contributed by atoms with Gasteiger partial charge in [0.05, 0.1) is 12.5 Å². The maximum Gasteiger partial charge on any atom is 0.229 e. The number of nitrogens with zero attached hydrogens (tertiary/aromatic N) is 3. The zero-order valence-corrected chi connectivity index (χ0v) is 11.9. The third kappa shape index (κ3) is 2.94. The molecule has 3 rings (SSSR count). The van der Waals surface area contributed by atoms with Gasteiger partial charge in [-0.3, -0.25) is 9.48 Å². The fourth-order valence-corrected chi connectivity index (χ4v) is 2.21. The average Bonchev–Trinajstić information content (AvgIpc) is 3.06. The molecule has 0 radical (unpaired) electrons. The molecule has 0 saturated heterocycles. The minimum absolute atomic E-state index is 0.0509. The van der Waals surface area contributed by atoms with Gasteiger partial charge in [-0.15, -0.1) is 0 Å². The van der Waals surface area contributed by atoms with E-state index in [1.165, 1.54) is 6.33 Å². The zero-order chi connectivity index (χ0) is 14.8. The number of aromatic nitrogens is 3. The Bertz CT molecular complexity index is 761. The van der Waals surface area contributed by atoms with Crippen molar-refractivity contribution in [3.8, 4) is 0 Å². The zero-order valence-electron chi connectivity index (χ0n) is 11.9. The summed E-state index contributed by atoms with van der Waals surface area (Å²) in [4.78, 5) is 16.0. The van der Waals surface area contributed by atoms with Gasteiger partial charge in [-0.25, -0.2) is 4.98 Å². The van der Waals surface area contributed by atoms with Crippen LogP contribution in [0.5, 0.6) is 0 Å². The largest absolute Gasteiger partial charge is 0.461 e. The molecule has 1 amide bonds. The summed E-state index contributed by atoms with van der Waals surface area (Å²) in [5.41, 5.74) is 1.58. The normalized spacial score (nSPS) is 12.5. The van der Waals surface area contributed by atoms with E-state index in [0.717, 1.165) is 22.4 Å². The van der Waals surface area contributed by atoms with Crippen LogP contribution in [0.1, 0.15) is 12.7 Å². The van der Waals surface area contributed by atoms with Crippen LogP contribution in [0, 0.1) is 12.8 Å². The molecule has 1 aromatic carbocycles. The average molecular weight is 284 g/mol. The van der Waals surface area contributed by atoms with Crippen molar-refractivity contribution in [1.82, 2.24) is 14.8 Å². The molecule has 0 fully saturated rings. The summed E-state index contributed by atoms with van der Waals surface area (Å²) in [5.74, 6) is 0.603. The molecule has 2 aromatic heterocycles. The van der Waals surface area contributed by atoms with Gasteiger partial charge >= 0.3 is 0 Å². The van der Waals surface area contributed by atoms with Crippen LogP contribution in [0.4, 0.5) is 5.69 Å². The Morgan fingerprint density at radius 1 is 1.43 bits per heavy atom. The van der Waals surface area contributed by atoms with Gasteiger partial charge in [0.1, 0.15) is 24.0 Å². The van der Waals surface area contributed by atoms with E-state index in [1.54, 1.807) is 11.0 Å². The van der Waals surface area contributed by atoms with Gasteiger partial charge in [-0.2, -0.15) is 5.10 Å². The van der Waals surface area contributed by atoms with Gasteiger partial charge in [-0.1, -0.05) is 6.92 Å². The maximum absolute atomic E-state index is 12.2. The lowest BCUT2D eigenvalue weighted by molar-refractivity contribution is -0.119. The van der Waals surface area contributed by atoms with Crippen molar-refractivity contribution < 1.29 is 9.21 Å². The second kappa shape index (κ2) is 5.40. The van der Waals surface area contributed by atoms with E-state index in [2.05, 4.69) is 15.4 Å². The van der Waals surface area contributed by atoms with Crippen molar-refractivity contribution in [1.29, 1.82) is 0 Å². The molecule has 0 aliphatic heterocycles. The summed E-state index contributed by atoms with van der Waals surface area (Å²) in [6, 6.07) is 7.56. The lowest BCUT2D eigenvalue weighted by Gasteiger charge is -2.12. The first-order chi connectivity index (χ1) is 10.1. The molecular formula is C15H16N4O2. The van der Waals surface area contributed by atoms with Crippen molar-refractivity contribution in [3.05, 3.63) is 42.7 Å². The summed E-state index contributed by atoms with van der Waals surface area (Å²) >= 11 is 0. The number of carbonyl (C=O) groups excluding carboxylic acids is 1. The molecular weight excluding hydrogens is 268 g/mol. The fourth-order valence-electron chi connectivity index (χ4n) is 2.21. The van der Waals surface area contributed by atoms with Crippen molar-refractivity contribution in [2.24, 2.45) is 5.92 Å². The molecule has 1 N–H and O–H groups in total. The van der Waals surface area contributed by atoms with E-state index < -0.39 is 0 Å². The number of fused-ring (bicyclic) bond motifs is 1. The van der Waals surface area contributed by atoms with Crippen molar-refractivity contribution in [3.63, 3.8) is 0 Å². The first-order valence-corrected chi connectivity index (χ1v) is 6.75. The first kappa shape index (κ1) is 13.4. The molecule has 1 unspecified atom stereocenters. The number of nitrogens with one attached hydrogen (secondary N) is 1. The number of furan rings is 1. The number of hydrogen-bond donors (Lipinski definition) is 1. The Labute approximate surface area is 121 Å². The quantitative estimate of drug-likeness (QED) is 0.799. The molecule has 2 heterocycles. The van der Waals surface area contributed by atoms with Gasteiger partial charge in [0.15, 0.2) is 0 Å². The van der Waals surface area contributed by atoms with E-state index in [-0.39, 0.29) is 11.8 Å². The summed E-state index contributed by atoms with van der Waals surface area (Å²) in [5, 5.41) is 7.90. The Morgan fingerprint density at radius 2 is 2.29 bits per heavy atom. The van der Waals surface area contributed by atoms with E-state index in [4.69, 9.17) is 4.42 Å². The van der Waals surface area contributed by atoms with Gasteiger partial charge in [-0.05, 0) is 31.2 Å². The van der Waals surface area contributed by atoms with Crippen LogP contribution in [0.25, 0.3) is 11.0 Å². The Kier molecular flexibility index (Phi) is 3.43. The molecule has 0 saturated carbocycles. The minimum Gasteiger partial charge on any atom is -0.461 e. The monoisotopic (exact) mass is 284 g/mol. The highest BCUT2D eigenvalue weighted by atomic mass is 16.3. The molecule has 0 bridgehead atoms. The molecule has 0 spiro atoms. The second-order valence-electron chi connectivity index (χ2n) is 5.12. The SMILES string of the molecule is Cc1cc2cc(NC(=O)C(C)Cn3cncn3)ccc2o1. The smallest absolute Gasteiger partial charge is 0.229 e. The number of benzene rings is 1. The van der Waals surface area contributed by atoms with Crippen LogP contribution in [-0.2, 0) is 11.3 Å². The first-order valence-electron chi connectivity index (χ1n) is 6.75. The molecule has 6 heteroatoms. The summed E-state index contributed by atoms with van der Waals surface area (Å²) in [6.45, 7) is 4.26. The lowest BCUT2D eigenvalue weighted by Crippen LogP contribution is -2.24. The van der Waals surface area contributed by atoms with E-state index in [9.17, 15) is 4.79 Å². The standard InChI is InChI=1S/C15H16N4O2/c1-10(7-19-9-16-8-17-19)15(20)18-13-3-4-14-12(6-13)5-11(2)21-14/h3-6,8-10H,7H2,1-2H3,(H,18,20). The van der Waals surface area contributed by atoms with Crippen LogP contribution in [0.3, 0.4) is 0 Å². The minimum atomic E-state index is -0.200. The van der Waals surface area contributed by atoms with Gasteiger partial charge in [0.2, 0.25) is 5.91 Å². The Balaban J connectivity index is 1.70. The van der Waals surface area contributed by atoms with E-state index in [1.807, 2.05) is 38.1 Å². The molecule has 108 valence electrons. The number of carbonyl (C=O) groups is 1. The third-order valence-electron chi connectivity index (χ3n) is 3.28. The van der Waals surface area contributed by atoms with Gasteiger partial charge < -0.3 is 9.73 Å². The van der Waals surface area contributed by atoms with Gasteiger partial charge in [0.25, 0.3) is 0 Å². The molecule has 6 nitrogen and oxygen atoms in total. The molecule has 3 aromatic rings. The van der Waals surface area contributed by atoms with Crippen LogP contribution >= 0.6 is 0 Å². The number of hydrogen-bond acceptors (Lipinski definition) is 4. The van der Waals surface area contributed by atoms with E-state index >= 15 is 0 Å². The Morgan fingerprint density at radius 3 is 3.05 bits per heavy atom. The number of rotatable bonds is 4. The molecule has 0 aliphatic rings. The topological polar surface area (TPSA) is 73.0 Å². The van der Waals surface area contributed by atoms with E-state index in [0.29, 0.717) is 6.54 Å². The van der Waals surface area contributed by atoms with Crippen LogP contribution in [-0.4, -0.2) is 20.7 Å². The Hall–Kier alpha value is -2.63. The van der Waals surface area contributed by atoms with Crippen molar-refractivity contribution in [2.75, 3.05) is 5.32 Å². The molecule has 0 aliphatic carbocycles. The maximum atomic E-state index is 12.2. The van der Waals surface area contributed by atoms with Crippen molar-refractivity contribution >= 4 is 22.6 Å². The predicted molar refractivity (Wildman–Crippen MR) is 78.8 cm³/mol. The highest BCUT2D eigenvalue weighted by Gasteiger charge is 2.14. The lowest BCUT2D eigenvalue weighted by atomic mass is 10.1. The predicted octanol–water partition coefficient (Wildman–Crippen LogP) is 2.61. The summed E-state index contributed by atoms with van der Waals surface area (Å²) < 4.78 is 7.16. The van der Waals surface area contributed by atoms with Crippen LogP contribution in [0.15, 0.2) is 41.3 Å². The van der Waals surface area contributed by atoms with Crippen molar-refractivity contribution in [2.45, 2.75) is 20.4 Å². The molecule has 1 atom stereocenters. The van der Waals surface area contributed by atoms with Crippen LogP contribution < -0.4 is 5.32 Å². The highest BCUT2D eigenvalue weighted by Crippen LogP contribution is 2.23. The van der Waals surface area contributed by atoms with Crippen LogP contribution in [0.2, 0.25) is 0 Å². The highest BCUT2D eigenvalue weighted by molar-refractivity contribution is 5.94. The summed E-state index contributed by atoms with van der Waals surface area (Å²) in [7, 11) is 0. The third-order valence-corrected chi connectivity index (χ3v) is 3.28. The second-order valence-corrected chi connectivity index (χ2v) is 5.12. The fraction of sp³-hybridized carbons (Fsp3) is 0.267.